The van der Waals surface area contributed by atoms with E-state index < -0.39 is 9.62 Å². The van der Waals surface area contributed by atoms with Crippen molar-refractivity contribution in [2.45, 2.75) is 44.2 Å². The van der Waals surface area contributed by atoms with Crippen molar-refractivity contribution in [2.75, 3.05) is 25.1 Å². The molecular weight excluding hydrogens is 478 g/mol. The van der Waals surface area contributed by atoms with Crippen molar-refractivity contribution in [3.05, 3.63) is 50.0 Å². The van der Waals surface area contributed by atoms with Crippen molar-refractivity contribution in [3.63, 3.8) is 0 Å². The third kappa shape index (κ3) is 4.08. The van der Waals surface area contributed by atoms with E-state index in [1.54, 1.807) is 19.3 Å². The number of nitrogens with one attached hydrogen (secondary N) is 1. The predicted molar refractivity (Wildman–Crippen MR) is 137 cm³/mol. The molecule has 0 saturated carbocycles. The molecular formula is C24H27NO5S3. The van der Waals surface area contributed by atoms with E-state index in [0.29, 0.717) is 17.1 Å². The maximum atomic E-state index is 13.1. The standard InChI is InChI=1S/C24H27NO5S3/c1-6-28-16-11-9-10-14-18-20(23(4,5)25-19(14)16)31-12-15(21(26)29-7-2)24(18)32-13-17(33-24)22(27)30-8-3/h9-13,25H,6-8H2,1-5H3/t24-/m0/s1. The Morgan fingerprint density at radius 1 is 1.00 bits per heavy atom. The van der Waals surface area contributed by atoms with Crippen LogP contribution in [-0.4, -0.2) is 41.4 Å². The highest BCUT2D eigenvalue weighted by Gasteiger charge is 2.55. The first-order valence-electron chi connectivity index (χ1n) is 10.9. The second-order valence-corrected chi connectivity index (χ2v) is 11.5. The molecule has 1 aromatic rings. The number of esters is 2. The molecule has 176 valence electrons. The maximum Gasteiger partial charge on any atom is 0.345 e. The van der Waals surface area contributed by atoms with Crippen LogP contribution in [-0.2, 0) is 19.1 Å². The molecule has 1 spiro atoms. The average Bonchev–Trinajstić information content (AvgIpc) is 3.20. The van der Waals surface area contributed by atoms with Crippen LogP contribution >= 0.6 is 35.3 Å². The molecule has 0 amide bonds. The van der Waals surface area contributed by atoms with Crippen molar-refractivity contribution in [3.8, 4) is 5.75 Å². The number of hydrogen-bond acceptors (Lipinski definition) is 9. The monoisotopic (exact) mass is 505 g/mol. The second-order valence-electron chi connectivity index (χ2n) is 7.97. The summed E-state index contributed by atoms with van der Waals surface area (Å²) in [6.45, 7) is 10.9. The summed E-state index contributed by atoms with van der Waals surface area (Å²) in [5.74, 6) is -0.00515. The van der Waals surface area contributed by atoms with Crippen LogP contribution in [0, 0.1) is 0 Å². The molecule has 1 N–H and O–H groups in total. The molecule has 0 bridgehead atoms. The summed E-state index contributed by atoms with van der Waals surface area (Å²) in [6, 6.07) is 5.94. The number of para-hydroxylation sites is 1. The van der Waals surface area contributed by atoms with Gasteiger partial charge in [-0.1, -0.05) is 35.7 Å². The molecule has 0 fully saturated rings. The summed E-state index contributed by atoms with van der Waals surface area (Å²) in [5, 5.41) is 7.32. The molecule has 0 radical (unpaired) electrons. The fraction of sp³-hybridized carbons (Fsp3) is 0.417. The Morgan fingerprint density at radius 2 is 1.73 bits per heavy atom. The molecule has 3 aliphatic rings. The van der Waals surface area contributed by atoms with E-state index >= 15 is 0 Å². The minimum absolute atomic E-state index is 0.272. The third-order valence-electron chi connectivity index (χ3n) is 5.36. The van der Waals surface area contributed by atoms with Gasteiger partial charge in [0.2, 0.25) is 0 Å². The number of anilines is 1. The van der Waals surface area contributed by atoms with Gasteiger partial charge in [0, 0.05) is 16.0 Å². The number of rotatable bonds is 6. The number of thioether (sulfide) groups is 3. The number of carbonyl (C=O) groups excluding carboxylic acids is 2. The van der Waals surface area contributed by atoms with E-state index in [0.717, 1.165) is 27.5 Å². The van der Waals surface area contributed by atoms with Gasteiger partial charge in [-0.3, -0.25) is 0 Å². The van der Waals surface area contributed by atoms with Crippen molar-refractivity contribution >= 4 is 58.5 Å². The van der Waals surface area contributed by atoms with Gasteiger partial charge in [0.15, 0.2) is 0 Å². The molecule has 33 heavy (non-hydrogen) atoms. The van der Waals surface area contributed by atoms with Crippen LogP contribution in [0.1, 0.15) is 40.2 Å². The van der Waals surface area contributed by atoms with Crippen LogP contribution in [0.3, 0.4) is 0 Å². The van der Waals surface area contributed by atoms with Gasteiger partial charge in [0.05, 0.1) is 36.6 Å². The van der Waals surface area contributed by atoms with E-state index in [-0.39, 0.29) is 25.2 Å². The Bertz CT molecular complexity index is 1090. The van der Waals surface area contributed by atoms with E-state index in [2.05, 4.69) is 19.2 Å². The lowest BCUT2D eigenvalue weighted by Crippen LogP contribution is -2.42. The first kappa shape index (κ1) is 24.2. The van der Waals surface area contributed by atoms with Gasteiger partial charge >= 0.3 is 11.9 Å². The number of hydrogen-bond donors (Lipinski definition) is 1. The lowest BCUT2D eigenvalue weighted by molar-refractivity contribution is -0.139. The Kier molecular flexibility index (Phi) is 6.85. The largest absolute Gasteiger partial charge is 0.492 e. The topological polar surface area (TPSA) is 73.9 Å². The molecule has 6 nitrogen and oxygen atoms in total. The fourth-order valence-electron chi connectivity index (χ4n) is 4.06. The Labute approximate surface area is 206 Å². The summed E-state index contributed by atoms with van der Waals surface area (Å²) in [7, 11) is 0. The molecule has 0 unspecified atom stereocenters. The third-order valence-corrected chi connectivity index (χ3v) is 9.68. The van der Waals surface area contributed by atoms with Crippen LogP contribution in [0.2, 0.25) is 0 Å². The van der Waals surface area contributed by atoms with Gasteiger partial charge in [0.25, 0.3) is 0 Å². The molecule has 0 saturated heterocycles. The minimum Gasteiger partial charge on any atom is -0.492 e. The summed E-state index contributed by atoms with van der Waals surface area (Å²) in [6.07, 6.45) is 0. The number of carbonyl (C=O) groups is 2. The quantitative estimate of drug-likeness (QED) is 0.485. The van der Waals surface area contributed by atoms with E-state index in [9.17, 15) is 9.59 Å². The Morgan fingerprint density at radius 3 is 2.42 bits per heavy atom. The average molecular weight is 506 g/mol. The van der Waals surface area contributed by atoms with Crippen LogP contribution in [0.4, 0.5) is 5.69 Å². The second kappa shape index (κ2) is 9.35. The van der Waals surface area contributed by atoms with Gasteiger partial charge in [0.1, 0.15) is 14.7 Å². The lowest BCUT2D eigenvalue weighted by atomic mass is 9.85. The summed E-state index contributed by atoms with van der Waals surface area (Å²) < 4.78 is 15.8. The van der Waals surface area contributed by atoms with E-state index in [1.807, 2.05) is 30.5 Å². The molecule has 3 heterocycles. The SMILES string of the molecule is CCOC(=O)C1=CS[C@]2(S1)C(C(=O)OCC)=CSC1=C2c2cccc(OCC)c2NC1(C)C. The minimum atomic E-state index is -0.867. The Hall–Kier alpha value is -1.97. The van der Waals surface area contributed by atoms with Gasteiger partial charge in [-0.25, -0.2) is 9.59 Å². The number of ether oxygens (including phenoxy) is 3. The zero-order valence-electron chi connectivity index (χ0n) is 19.3. The molecule has 0 aliphatic carbocycles. The molecule has 9 heteroatoms. The van der Waals surface area contributed by atoms with Crippen molar-refractivity contribution in [1.29, 1.82) is 0 Å². The first-order valence-corrected chi connectivity index (χ1v) is 13.4. The Balaban J connectivity index is 1.91. The van der Waals surface area contributed by atoms with Crippen LogP contribution in [0.15, 0.2) is 44.4 Å². The molecule has 1 aromatic carbocycles. The molecule has 1 atom stereocenters. The highest BCUT2D eigenvalue weighted by atomic mass is 32.2. The first-order chi connectivity index (χ1) is 15.8. The predicted octanol–water partition coefficient (Wildman–Crippen LogP) is 5.78. The fourth-order valence-corrected chi connectivity index (χ4v) is 8.51. The van der Waals surface area contributed by atoms with E-state index in [1.165, 1.54) is 35.3 Å². The summed E-state index contributed by atoms with van der Waals surface area (Å²) in [4.78, 5) is 27.4. The van der Waals surface area contributed by atoms with E-state index in [4.69, 9.17) is 14.2 Å². The highest BCUT2D eigenvalue weighted by molar-refractivity contribution is 8.25. The van der Waals surface area contributed by atoms with Gasteiger partial charge in [-0.15, -0.1) is 11.8 Å². The number of benzene rings is 1. The summed E-state index contributed by atoms with van der Waals surface area (Å²) in [5.41, 5.74) is 2.93. The van der Waals surface area contributed by atoms with Crippen LogP contribution in [0.25, 0.3) is 5.57 Å². The molecule has 4 rings (SSSR count). The highest BCUT2D eigenvalue weighted by Crippen LogP contribution is 2.67. The zero-order chi connectivity index (χ0) is 23.8. The molecule has 3 aliphatic heterocycles. The lowest BCUT2D eigenvalue weighted by Gasteiger charge is -2.45. The van der Waals surface area contributed by atoms with Gasteiger partial charge in [-0.05, 0) is 51.5 Å². The summed E-state index contributed by atoms with van der Waals surface area (Å²) >= 11 is 4.33. The van der Waals surface area contributed by atoms with Crippen molar-refractivity contribution in [1.82, 2.24) is 0 Å². The normalized spacial score (nSPS) is 22.6. The van der Waals surface area contributed by atoms with Gasteiger partial charge < -0.3 is 19.5 Å². The maximum absolute atomic E-state index is 13.1. The zero-order valence-corrected chi connectivity index (χ0v) is 21.7. The number of fused-ring (bicyclic) bond motifs is 3. The van der Waals surface area contributed by atoms with Crippen LogP contribution in [0.5, 0.6) is 5.75 Å². The van der Waals surface area contributed by atoms with Crippen molar-refractivity contribution in [2.24, 2.45) is 0 Å². The smallest absolute Gasteiger partial charge is 0.345 e. The van der Waals surface area contributed by atoms with Crippen LogP contribution < -0.4 is 10.1 Å². The molecule has 0 aromatic heterocycles. The van der Waals surface area contributed by atoms with Gasteiger partial charge in [-0.2, -0.15) is 0 Å². The van der Waals surface area contributed by atoms with Crippen molar-refractivity contribution < 1.29 is 23.8 Å².